The van der Waals surface area contributed by atoms with Crippen LogP contribution in [-0.4, -0.2) is 20.8 Å². The van der Waals surface area contributed by atoms with E-state index in [-0.39, 0.29) is 11.3 Å². The van der Waals surface area contributed by atoms with Crippen LogP contribution in [0.25, 0.3) is 0 Å². The fourth-order valence-electron chi connectivity index (χ4n) is 1.63. The summed E-state index contributed by atoms with van der Waals surface area (Å²) in [6.07, 6.45) is 2.56. The number of furan rings is 1. The molecule has 2 rings (SSSR count). The van der Waals surface area contributed by atoms with E-state index in [1.807, 2.05) is 30.7 Å². The van der Waals surface area contributed by atoms with Gasteiger partial charge in [0.25, 0.3) is 0 Å². The lowest BCUT2D eigenvalue weighted by atomic mass is 10.1. The Kier molecular flexibility index (Phi) is 4.08. The van der Waals surface area contributed by atoms with E-state index in [1.54, 1.807) is 18.0 Å². The average molecular weight is 266 g/mol. The van der Waals surface area contributed by atoms with Gasteiger partial charge in [-0.05, 0) is 25.5 Å². The second kappa shape index (κ2) is 5.58. The number of nitrogens with zero attached hydrogens (tertiary/aromatic N) is 3. The number of aryl methyl sites for hydroxylation is 1. The maximum absolute atomic E-state index is 6.17. The summed E-state index contributed by atoms with van der Waals surface area (Å²) in [5.74, 6) is 1.77. The summed E-state index contributed by atoms with van der Waals surface area (Å²) in [7, 11) is 1.95. The lowest BCUT2D eigenvalue weighted by molar-refractivity contribution is 0.473. The molecular weight excluding hydrogens is 248 g/mol. The summed E-state index contributed by atoms with van der Waals surface area (Å²) < 4.78 is 7.44. The summed E-state index contributed by atoms with van der Waals surface area (Å²) in [6, 6.07) is 3.86. The first-order valence-electron chi connectivity index (χ1n) is 5.95. The molecule has 0 aliphatic carbocycles. The molecule has 0 aliphatic heterocycles. The fraction of sp³-hybridized carbons (Fsp3) is 0.500. The van der Waals surface area contributed by atoms with Gasteiger partial charge in [0.1, 0.15) is 11.6 Å². The van der Waals surface area contributed by atoms with Gasteiger partial charge in [-0.25, -0.2) is 0 Å². The van der Waals surface area contributed by atoms with Crippen molar-refractivity contribution >= 4 is 11.8 Å². The average Bonchev–Trinajstić information content (AvgIpc) is 2.99. The van der Waals surface area contributed by atoms with Gasteiger partial charge in [-0.15, -0.1) is 10.2 Å². The predicted molar refractivity (Wildman–Crippen MR) is 71.3 cm³/mol. The van der Waals surface area contributed by atoms with Crippen LogP contribution in [0.3, 0.4) is 0 Å². The van der Waals surface area contributed by atoms with E-state index < -0.39 is 0 Å². The number of thioether (sulfide) groups is 1. The quantitative estimate of drug-likeness (QED) is 0.841. The van der Waals surface area contributed by atoms with Crippen LogP contribution in [0.5, 0.6) is 0 Å². The molecule has 2 unspecified atom stereocenters. The van der Waals surface area contributed by atoms with Crippen molar-refractivity contribution in [3.63, 3.8) is 0 Å². The summed E-state index contributed by atoms with van der Waals surface area (Å²) in [4.78, 5) is 0. The topological polar surface area (TPSA) is 69.9 Å². The van der Waals surface area contributed by atoms with Crippen LogP contribution in [0.4, 0.5) is 0 Å². The van der Waals surface area contributed by atoms with Crippen molar-refractivity contribution in [3.05, 3.63) is 30.0 Å². The molecule has 0 radical (unpaired) electrons. The number of aromatic nitrogens is 3. The highest BCUT2D eigenvalue weighted by Crippen LogP contribution is 2.37. The first kappa shape index (κ1) is 13.2. The van der Waals surface area contributed by atoms with Crippen molar-refractivity contribution in [3.8, 4) is 0 Å². The lowest BCUT2D eigenvalue weighted by Gasteiger charge is -2.19. The summed E-state index contributed by atoms with van der Waals surface area (Å²) in [5.41, 5.74) is 6.17. The lowest BCUT2D eigenvalue weighted by Crippen LogP contribution is -2.25. The van der Waals surface area contributed by atoms with Crippen molar-refractivity contribution in [2.24, 2.45) is 12.8 Å². The van der Waals surface area contributed by atoms with E-state index in [4.69, 9.17) is 10.2 Å². The van der Waals surface area contributed by atoms with Gasteiger partial charge >= 0.3 is 0 Å². The maximum Gasteiger partial charge on any atom is 0.191 e. The molecule has 0 saturated heterocycles. The largest absolute Gasteiger partial charge is 0.468 e. The zero-order valence-corrected chi connectivity index (χ0v) is 11.6. The van der Waals surface area contributed by atoms with Crippen LogP contribution in [0.2, 0.25) is 0 Å². The van der Waals surface area contributed by atoms with Gasteiger partial charge in [0.15, 0.2) is 5.16 Å². The molecule has 0 saturated carbocycles. The van der Waals surface area contributed by atoms with Crippen molar-refractivity contribution in [2.75, 3.05) is 0 Å². The Bertz CT molecular complexity index is 494. The van der Waals surface area contributed by atoms with Gasteiger partial charge < -0.3 is 14.7 Å². The van der Waals surface area contributed by atoms with Crippen molar-refractivity contribution in [1.29, 1.82) is 0 Å². The van der Waals surface area contributed by atoms with E-state index >= 15 is 0 Å². The highest BCUT2D eigenvalue weighted by Gasteiger charge is 2.24. The fourth-order valence-corrected chi connectivity index (χ4v) is 2.85. The summed E-state index contributed by atoms with van der Waals surface area (Å²) in [6.45, 7) is 4.00. The molecule has 2 atom stereocenters. The van der Waals surface area contributed by atoms with Crippen molar-refractivity contribution in [2.45, 2.75) is 36.7 Å². The highest BCUT2D eigenvalue weighted by molar-refractivity contribution is 7.99. The molecule has 5 nitrogen and oxygen atoms in total. The van der Waals surface area contributed by atoms with E-state index in [2.05, 4.69) is 17.1 Å². The minimum atomic E-state index is 0.0261. The Morgan fingerprint density at radius 3 is 2.78 bits per heavy atom. The third kappa shape index (κ3) is 2.59. The van der Waals surface area contributed by atoms with Crippen LogP contribution in [-0.2, 0) is 7.05 Å². The Hall–Kier alpha value is -1.27. The third-order valence-corrected chi connectivity index (χ3v) is 4.37. The summed E-state index contributed by atoms with van der Waals surface area (Å²) in [5, 5.41) is 9.14. The number of hydrogen-bond acceptors (Lipinski definition) is 5. The number of rotatable bonds is 5. The third-order valence-electron chi connectivity index (χ3n) is 2.97. The van der Waals surface area contributed by atoms with E-state index in [0.717, 1.165) is 23.2 Å². The minimum Gasteiger partial charge on any atom is -0.468 e. The second-order valence-corrected chi connectivity index (χ2v) is 5.32. The van der Waals surface area contributed by atoms with Crippen LogP contribution in [0.1, 0.15) is 30.2 Å². The minimum absolute atomic E-state index is 0.0261. The van der Waals surface area contributed by atoms with Gasteiger partial charge in [0, 0.05) is 13.1 Å². The maximum atomic E-state index is 6.17. The Morgan fingerprint density at radius 2 is 2.28 bits per heavy atom. The first-order valence-corrected chi connectivity index (χ1v) is 6.83. The molecule has 0 bridgehead atoms. The van der Waals surface area contributed by atoms with E-state index in [9.17, 15) is 0 Å². The molecule has 0 aromatic carbocycles. The standard InChI is InChI=1S/C12H18N4OS/c1-4-9(13)11(10-6-5-7-17-10)18-12-15-14-8(2)16(12)3/h5-7,9,11H,4,13H2,1-3H3. The Labute approximate surface area is 111 Å². The molecule has 2 N–H and O–H groups in total. The van der Waals surface area contributed by atoms with E-state index in [1.165, 1.54) is 0 Å². The first-order chi connectivity index (χ1) is 8.63. The van der Waals surface area contributed by atoms with E-state index in [0.29, 0.717) is 0 Å². The van der Waals surface area contributed by atoms with Gasteiger partial charge in [0.05, 0.1) is 11.5 Å². The highest BCUT2D eigenvalue weighted by atomic mass is 32.2. The Morgan fingerprint density at radius 1 is 1.50 bits per heavy atom. The van der Waals surface area contributed by atoms with Crippen LogP contribution < -0.4 is 5.73 Å². The van der Waals surface area contributed by atoms with Crippen LogP contribution >= 0.6 is 11.8 Å². The summed E-state index contributed by atoms with van der Waals surface area (Å²) >= 11 is 1.60. The van der Waals surface area contributed by atoms with Gasteiger partial charge in [-0.3, -0.25) is 0 Å². The van der Waals surface area contributed by atoms with Crippen molar-refractivity contribution in [1.82, 2.24) is 14.8 Å². The molecule has 2 aromatic heterocycles. The SMILES string of the molecule is CCC(N)C(Sc1nnc(C)n1C)c1ccco1. The van der Waals surface area contributed by atoms with Gasteiger partial charge in [0.2, 0.25) is 0 Å². The molecule has 0 amide bonds. The predicted octanol–water partition coefficient (Wildman–Crippen LogP) is 2.29. The van der Waals surface area contributed by atoms with Gasteiger partial charge in [-0.2, -0.15) is 0 Å². The zero-order valence-electron chi connectivity index (χ0n) is 10.8. The molecule has 98 valence electrons. The Balaban J connectivity index is 2.23. The second-order valence-electron chi connectivity index (χ2n) is 4.21. The molecule has 0 fully saturated rings. The van der Waals surface area contributed by atoms with Crippen molar-refractivity contribution < 1.29 is 4.42 Å². The monoisotopic (exact) mass is 266 g/mol. The number of hydrogen-bond donors (Lipinski definition) is 1. The molecule has 0 spiro atoms. The smallest absolute Gasteiger partial charge is 0.191 e. The molecule has 2 aromatic rings. The number of nitrogens with two attached hydrogens (primary N) is 1. The molecule has 2 heterocycles. The zero-order chi connectivity index (χ0) is 13.1. The normalized spacial score (nSPS) is 14.7. The molecule has 0 aliphatic rings. The van der Waals surface area contributed by atoms with Gasteiger partial charge in [-0.1, -0.05) is 18.7 Å². The van der Waals surface area contributed by atoms with Crippen LogP contribution in [0, 0.1) is 6.92 Å². The molecule has 18 heavy (non-hydrogen) atoms. The molecular formula is C12H18N4OS. The van der Waals surface area contributed by atoms with Crippen LogP contribution in [0.15, 0.2) is 28.0 Å². The molecule has 6 heteroatoms.